The van der Waals surface area contributed by atoms with Gasteiger partial charge in [0, 0.05) is 24.5 Å². The predicted molar refractivity (Wildman–Crippen MR) is 75.8 cm³/mol. The number of rotatable bonds is 4. The minimum atomic E-state index is 0.761. The molecule has 4 heteroatoms. The number of fused-ring (bicyclic) bond motifs is 1. The zero-order valence-electron chi connectivity index (χ0n) is 11.4. The van der Waals surface area contributed by atoms with E-state index in [0.717, 1.165) is 30.8 Å². The van der Waals surface area contributed by atoms with E-state index in [2.05, 4.69) is 29.4 Å². The van der Waals surface area contributed by atoms with Gasteiger partial charge in [-0.1, -0.05) is 13.8 Å². The molecule has 1 aromatic heterocycles. The fourth-order valence-electron chi connectivity index (χ4n) is 3.65. The maximum Gasteiger partial charge on any atom is 0.0926 e. The van der Waals surface area contributed by atoms with Gasteiger partial charge in [-0.15, -0.1) is 11.3 Å². The standard InChI is InChI=1S/C14H23N3S/c1-3-13-12-6-15-5-10(12)7-17(13)8-11-9-18-14(4-2)16-11/h9-10,12-13,15H,3-8H2,1-2H3. The summed E-state index contributed by atoms with van der Waals surface area (Å²) >= 11 is 1.81. The van der Waals surface area contributed by atoms with Crippen LogP contribution in [0.3, 0.4) is 0 Å². The van der Waals surface area contributed by atoms with E-state index in [1.165, 1.54) is 36.8 Å². The summed E-state index contributed by atoms with van der Waals surface area (Å²) in [5.41, 5.74) is 1.28. The van der Waals surface area contributed by atoms with Gasteiger partial charge in [-0.2, -0.15) is 0 Å². The molecule has 0 amide bonds. The molecule has 0 bridgehead atoms. The average molecular weight is 265 g/mol. The van der Waals surface area contributed by atoms with Gasteiger partial charge in [-0.3, -0.25) is 4.90 Å². The lowest BCUT2D eigenvalue weighted by Gasteiger charge is -2.25. The van der Waals surface area contributed by atoms with Crippen molar-refractivity contribution in [2.75, 3.05) is 19.6 Å². The summed E-state index contributed by atoms with van der Waals surface area (Å²) < 4.78 is 0. The molecule has 2 aliphatic heterocycles. The first-order valence-electron chi connectivity index (χ1n) is 7.19. The molecule has 3 atom stereocenters. The lowest BCUT2D eigenvalue weighted by Crippen LogP contribution is -2.34. The van der Waals surface area contributed by atoms with Gasteiger partial charge in [0.25, 0.3) is 0 Å². The van der Waals surface area contributed by atoms with Crippen molar-refractivity contribution in [1.82, 2.24) is 15.2 Å². The number of aromatic nitrogens is 1. The van der Waals surface area contributed by atoms with Crippen molar-refractivity contribution in [3.8, 4) is 0 Å². The van der Waals surface area contributed by atoms with Crippen LogP contribution in [0.5, 0.6) is 0 Å². The third-order valence-electron chi connectivity index (χ3n) is 4.51. The molecular weight excluding hydrogens is 242 g/mol. The molecule has 1 N–H and O–H groups in total. The molecule has 0 saturated carbocycles. The number of hydrogen-bond donors (Lipinski definition) is 1. The van der Waals surface area contributed by atoms with Crippen LogP contribution < -0.4 is 5.32 Å². The van der Waals surface area contributed by atoms with Crippen LogP contribution in [0.4, 0.5) is 0 Å². The Hall–Kier alpha value is -0.450. The van der Waals surface area contributed by atoms with Gasteiger partial charge in [0.05, 0.1) is 10.7 Å². The van der Waals surface area contributed by atoms with E-state index in [4.69, 9.17) is 4.98 Å². The summed E-state index contributed by atoms with van der Waals surface area (Å²) in [6, 6.07) is 0.761. The van der Waals surface area contributed by atoms with Crippen molar-refractivity contribution in [3.05, 3.63) is 16.1 Å². The highest BCUT2D eigenvalue weighted by molar-refractivity contribution is 7.09. The fraction of sp³-hybridized carbons (Fsp3) is 0.786. The average Bonchev–Trinajstić information content (AvgIpc) is 3.04. The summed E-state index contributed by atoms with van der Waals surface area (Å²) in [5, 5.41) is 7.07. The summed E-state index contributed by atoms with van der Waals surface area (Å²) in [4.78, 5) is 7.39. The van der Waals surface area contributed by atoms with Crippen LogP contribution in [0.2, 0.25) is 0 Å². The van der Waals surface area contributed by atoms with Crippen LogP contribution in [0.25, 0.3) is 0 Å². The van der Waals surface area contributed by atoms with Gasteiger partial charge in [0.15, 0.2) is 0 Å². The Morgan fingerprint density at radius 2 is 2.33 bits per heavy atom. The molecule has 3 unspecified atom stereocenters. The maximum absolute atomic E-state index is 4.72. The Morgan fingerprint density at radius 3 is 3.06 bits per heavy atom. The first-order valence-corrected chi connectivity index (χ1v) is 8.07. The van der Waals surface area contributed by atoms with E-state index in [1.807, 2.05) is 11.3 Å². The van der Waals surface area contributed by atoms with Crippen LogP contribution in [-0.4, -0.2) is 35.6 Å². The molecule has 0 radical (unpaired) electrons. The molecule has 100 valence electrons. The predicted octanol–water partition coefficient (Wildman–Crippen LogP) is 2.14. The molecule has 2 saturated heterocycles. The lowest BCUT2D eigenvalue weighted by atomic mass is 9.93. The van der Waals surface area contributed by atoms with Crippen molar-refractivity contribution in [1.29, 1.82) is 0 Å². The minimum Gasteiger partial charge on any atom is -0.316 e. The van der Waals surface area contributed by atoms with Gasteiger partial charge in [0.1, 0.15) is 0 Å². The van der Waals surface area contributed by atoms with Crippen LogP contribution >= 0.6 is 11.3 Å². The minimum absolute atomic E-state index is 0.761. The first-order chi connectivity index (χ1) is 8.81. The number of nitrogens with one attached hydrogen (secondary N) is 1. The number of nitrogens with zero attached hydrogens (tertiary/aromatic N) is 2. The molecule has 0 spiro atoms. The molecular formula is C14H23N3S. The normalized spacial score (nSPS) is 32.0. The maximum atomic E-state index is 4.72. The monoisotopic (exact) mass is 265 g/mol. The molecule has 3 heterocycles. The molecule has 0 aliphatic carbocycles. The van der Waals surface area contributed by atoms with Crippen LogP contribution in [0.15, 0.2) is 5.38 Å². The van der Waals surface area contributed by atoms with E-state index in [0.29, 0.717) is 0 Å². The first kappa shape index (κ1) is 12.6. The molecule has 0 aromatic carbocycles. The number of aryl methyl sites for hydroxylation is 1. The van der Waals surface area contributed by atoms with Crippen LogP contribution in [0.1, 0.15) is 31.0 Å². The molecule has 2 fully saturated rings. The van der Waals surface area contributed by atoms with E-state index < -0.39 is 0 Å². The third-order valence-corrected chi connectivity index (χ3v) is 5.55. The van der Waals surface area contributed by atoms with E-state index >= 15 is 0 Å². The number of hydrogen-bond acceptors (Lipinski definition) is 4. The SMILES string of the molecule is CCc1nc(CN2CC3CNCC3C2CC)cs1. The molecule has 18 heavy (non-hydrogen) atoms. The van der Waals surface area contributed by atoms with Crippen molar-refractivity contribution < 1.29 is 0 Å². The second kappa shape index (κ2) is 5.27. The largest absolute Gasteiger partial charge is 0.316 e. The second-order valence-corrected chi connectivity index (χ2v) is 6.52. The molecule has 1 aromatic rings. The van der Waals surface area contributed by atoms with E-state index in [-0.39, 0.29) is 0 Å². The van der Waals surface area contributed by atoms with Crippen LogP contribution in [-0.2, 0) is 13.0 Å². The Kier molecular flexibility index (Phi) is 3.68. The summed E-state index contributed by atoms with van der Waals surface area (Å²) in [7, 11) is 0. The third kappa shape index (κ3) is 2.22. The van der Waals surface area contributed by atoms with Crippen molar-refractivity contribution in [2.24, 2.45) is 11.8 Å². The molecule has 2 aliphatic rings. The number of thiazole rings is 1. The second-order valence-electron chi connectivity index (χ2n) is 5.57. The van der Waals surface area contributed by atoms with Crippen LogP contribution in [0, 0.1) is 11.8 Å². The fourth-order valence-corrected chi connectivity index (χ4v) is 4.38. The highest BCUT2D eigenvalue weighted by Crippen LogP contribution is 2.35. The number of likely N-dealkylation sites (tertiary alicyclic amines) is 1. The van der Waals surface area contributed by atoms with E-state index in [1.54, 1.807) is 0 Å². The summed E-state index contributed by atoms with van der Waals surface area (Å²) in [5.74, 6) is 1.75. The zero-order valence-corrected chi connectivity index (χ0v) is 12.2. The van der Waals surface area contributed by atoms with Crippen molar-refractivity contribution >= 4 is 11.3 Å². The summed E-state index contributed by atoms with van der Waals surface area (Å²) in [6.07, 6.45) is 2.34. The van der Waals surface area contributed by atoms with Crippen molar-refractivity contribution in [2.45, 2.75) is 39.3 Å². The van der Waals surface area contributed by atoms with Crippen molar-refractivity contribution in [3.63, 3.8) is 0 Å². The molecule has 3 nitrogen and oxygen atoms in total. The Labute approximate surface area is 114 Å². The smallest absolute Gasteiger partial charge is 0.0926 e. The molecule has 3 rings (SSSR count). The Morgan fingerprint density at radius 1 is 1.44 bits per heavy atom. The van der Waals surface area contributed by atoms with Gasteiger partial charge in [-0.25, -0.2) is 4.98 Å². The highest BCUT2D eigenvalue weighted by Gasteiger charge is 2.42. The zero-order chi connectivity index (χ0) is 12.5. The lowest BCUT2D eigenvalue weighted by molar-refractivity contribution is 0.208. The van der Waals surface area contributed by atoms with Gasteiger partial charge in [-0.05, 0) is 37.8 Å². The Bertz CT molecular complexity index is 403. The quantitative estimate of drug-likeness (QED) is 0.904. The Balaban J connectivity index is 1.68. The van der Waals surface area contributed by atoms with E-state index in [9.17, 15) is 0 Å². The van der Waals surface area contributed by atoms with Gasteiger partial charge >= 0.3 is 0 Å². The van der Waals surface area contributed by atoms with Gasteiger partial charge < -0.3 is 5.32 Å². The summed E-state index contributed by atoms with van der Waals surface area (Å²) in [6.45, 7) is 9.27. The van der Waals surface area contributed by atoms with Gasteiger partial charge in [0.2, 0.25) is 0 Å². The highest BCUT2D eigenvalue weighted by atomic mass is 32.1. The topological polar surface area (TPSA) is 28.2 Å².